The Kier molecular flexibility index (Phi) is 6.38. The molecule has 1 saturated heterocycles. The molecule has 1 aliphatic rings. The molecule has 1 aliphatic heterocycles. The van der Waals surface area contributed by atoms with Crippen molar-refractivity contribution in [3.05, 3.63) is 41.5 Å². The highest BCUT2D eigenvalue weighted by Gasteiger charge is 2.26. The van der Waals surface area contributed by atoms with Gasteiger partial charge in [-0.25, -0.2) is 8.42 Å². The van der Waals surface area contributed by atoms with Crippen LogP contribution in [0.25, 0.3) is 0 Å². The van der Waals surface area contributed by atoms with Crippen LogP contribution in [0.2, 0.25) is 0 Å². The van der Waals surface area contributed by atoms with Crippen LogP contribution in [-0.2, 0) is 22.0 Å². The van der Waals surface area contributed by atoms with Crippen molar-refractivity contribution >= 4 is 15.9 Å². The first-order valence-corrected chi connectivity index (χ1v) is 11.3. The molecular weight excluding hydrogens is 392 g/mol. The highest BCUT2D eigenvalue weighted by molar-refractivity contribution is 7.89. The first-order chi connectivity index (χ1) is 13.7. The summed E-state index contributed by atoms with van der Waals surface area (Å²) in [7, 11) is -3.61. The molecule has 0 aliphatic carbocycles. The van der Waals surface area contributed by atoms with Gasteiger partial charge in [-0.3, -0.25) is 4.79 Å². The van der Waals surface area contributed by atoms with Crippen molar-refractivity contribution < 1.29 is 17.7 Å². The van der Waals surface area contributed by atoms with Gasteiger partial charge in [-0.1, -0.05) is 44.8 Å². The fourth-order valence-electron chi connectivity index (χ4n) is 3.12. The third-order valence-electron chi connectivity index (χ3n) is 4.82. The third kappa shape index (κ3) is 5.22. The molecular formula is C20H28N4O4S. The normalized spacial score (nSPS) is 16.4. The number of hydrogen-bond acceptors (Lipinski definition) is 6. The lowest BCUT2D eigenvalue weighted by Crippen LogP contribution is -2.32. The van der Waals surface area contributed by atoms with Gasteiger partial charge in [0, 0.05) is 24.1 Å². The number of carbonyl (C=O) groups excluding carboxylic acids is 1. The Bertz CT molecular complexity index is 955. The first-order valence-electron chi connectivity index (χ1n) is 9.89. The van der Waals surface area contributed by atoms with Crippen LogP contribution in [0, 0.1) is 0 Å². The molecule has 0 radical (unpaired) electrons. The van der Waals surface area contributed by atoms with Crippen LogP contribution in [0.4, 0.5) is 0 Å². The number of hydrogen-bond donors (Lipinski definition) is 1. The Labute approximate surface area is 171 Å². The molecule has 2 heterocycles. The number of nitrogens with one attached hydrogen (secondary N) is 1. The van der Waals surface area contributed by atoms with E-state index in [0.29, 0.717) is 24.8 Å². The summed E-state index contributed by atoms with van der Waals surface area (Å²) in [4.78, 5) is 16.9. The molecule has 1 aromatic heterocycles. The number of benzene rings is 1. The topological polar surface area (TPSA) is 105 Å². The summed E-state index contributed by atoms with van der Waals surface area (Å²) in [5.74, 6) is 0.476. The van der Waals surface area contributed by atoms with Gasteiger partial charge in [0.1, 0.15) is 0 Å². The minimum absolute atomic E-state index is 0.0987. The standard InChI is InChI=1S/C20H28N4O4S/c1-20(2,3)19-22-17(23-28-19)14-21-18(25)15-9-8-10-16(13-15)29(26,27)24-11-6-4-5-7-12-24/h8-10,13H,4-7,11-12,14H2,1-3H3,(H,21,25). The maximum absolute atomic E-state index is 13.0. The average Bonchev–Trinajstić information content (AvgIpc) is 3.00. The van der Waals surface area contributed by atoms with E-state index in [1.165, 1.54) is 16.4 Å². The molecule has 3 rings (SSSR count). The smallest absolute Gasteiger partial charge is 0.251 e. The summed E-state index contributed by atoms with van der Waals surface area (Å²) in [6.07, 6.45) is 3.81. The summed E-state index contributed by atoms with van der Waals surface area (Å²) in [5.41, 5.74) is 0.00564. The Hall–Kier alpha value is -2.26. The summed E-state index contributed by atoms with van der Waals surface area (Å²) < 4.78 is 32.6. The lowest BCUT2D eigenvalue weighted by molar-refractivity contribution is 0.0949. The fourth-order valence-corrected chi connectivity index (χ4v) is 4.68. The van der Waals surface area contributed by atoms with Gasteiger partial charge in [0.25, 0.3) is 5.91 Å². The van der Waals surface area contributed by atoms with Crippen molar-refractivity contribution in [2.75, 3.05) is 13.1 Å². The zero-order chi connectivity index (χ0) is 21.1. The van der Waals surface area contributed by atoms with Crippen molar-refractivity contribution in [3.63, 3.8) is 0 Å². The predicted octanol–water partition coefficient (Wildman–Crippen LogP) is 2.86. The Morgan fingerprint density at radius 1 is 1.17 bits per heavy atom. The van der Waals surface area contributed by atoms with E-state index in [9.17, 15) is 13.2 Å². The van der Waals surface area contributed by atoms with Gasteiger partial charge in [0.2, 0.25) is 15.9 Å². The van der Waals surface area contributed by atoms with E-state index in [4.69, 9.17) is 4.52 Å². The highest BCUT2D eigenvalue weighted by atomic mass is 32.2. The number of nitrogens with zero attached hydrogens (tertiary/aromatic N) is 3. The summed E-state index contributed by atoms with van der Waals surface area (Å²) in [6.45, 7) is 7.01. The molecule has 1 fully saturated rings. The van der Waals surface area contributed by atoms with Gasteiger partial charge < -0.3 is 9.84 Å². The average molecular weight is 421 g/mol. The van der Waals surface area contributed by atoms with E-state index in [-0.39, 0.29) is 28.3 Å². The molecule has 1 amide bonds. The molecule has 158 valence electrons. The minimum atomic E-state index is -3.61. The van der Waals surface area contributed by atoms with Gasteiger partial charge in [-0.05, 0) is 31.0 Å². The number of amides is 1. The SMILES string of the molecule is CC(C)(C)c1nc(CNC(=O)c2cccc(S(=O)(=O)N3CCCCCC3)c2)no1. The van der Waals surface area contributed by atoms with Crippen LogP contribution in [0.15, 0.2) is 33.7 Å². The van der Waals surface area contributed by atoms with Gasteiger partial charge in [0.05, 0.1) is 11.4 Å². The van der Waals surface area contributed by atoms with Crippen molar-refractivity contribution in [3.8, 4) is 0 Å². The minimum Gasteiger partial charge on any atom is -0.345 e. The van der Waals surface area contributed by atoms with E-state index in [1.807, 2.05) is 20.8 Å². The zero-order valence-electron chi connectivity index (χ0n) is 17.1. The molecule has 9 heteroatoms. The molecule has 0 unspecified atom stereocenters. The van der Waals surface area contributed by atoms with E-state index < -0.39 is 10.0 Å². The number of sulfonamides is 1. The second kappa shape index (κ2) is 8.62. The van der Waals surface area contributed by atoms with E-state index >= 15 is 0 Å². The predicted molar refractivity (Wildman–Crippen MR) is 108 cm³/mol. The van der Waals surface area contributed by atoms with Crippen LogP contribution < -0.4 is 5.32 Å². The zero-order valence-corrected chi connectivity index (χ0v) is 18.0. The second-order valence-corrected chi connectivity index (χ2v) is 10.2. The van der Waals surface area contributed by atoms with Crippen LogP contribution in [0.5, 0.6) is 0 Å². The maximum atomic E-state index is 13.0. The fraction of sp³-hybridized carbons (Fsp3) is 0.550. The molecule has 0 atom stereocenters. The molecule has 1 aromatic carbocycles. The van der Waals surface area contributed by atoms with Crippen LogP contribution >= 0.6 is 0 Å². The van der Waals surface area contributed by atoms with E-state index in [2.05, 4.69) is 15.5 Å². The quantitative estimate of drug-likeness (QED) is 0.797. The van der Waals surface area contributed by atoms with Crippen LogP contribution in [0.3, 0.4) is 0 Å². The van der Waals surface area contributed by atoms with Crippen molar-refractivity contribution in [1.29, 1.82) is 0 Å². The maximum Gasteiger partial charge on any atom is 0.251 e. The molecule has 2 aromatic rings. The van der Waals surface area contributed by atoms with Gasteiger partial charge in [-0.15, -0.1) is 0 Å². The van der Waals surface area contributed by atoms with Gasteiger partial charge in [0.15, 0.2) is 5.82 Å². The van der Waals surface area contributed by atoms with E-state index in [0.717, 1.165) is 25.7 Å². The van der Waals surface area contributed by atoms with E-state index in [1.54, 1.807) is 12.1 Å². The van der Waals surface area contributed by atoms with Crippen LogP contribution in [0.1, 0.15) is 68.5 Å². The Balaban J connectivity index is 1.70. The Morgan fingerprint density at radius 2 is 1.86 bits per heavy atom. The van der Waals surface area contributed by atoms with Gasteiger partial charge >= 0.3 is 0 Å². The lowest BCUT2D eigenvalue weighted by atomic mass is 9.97. The summed E-state index contributed by atoms with van der Waals surface area (Å²) >= 11 is 0. The lowest BCUT2D eigenvalue weighted by Gasteiger charge is -2.20. The number of carbonyl (C=O) groups is 1. The third-order valence-corrected chi connectivity index (χ3v) is 6.71. The molecule has 0 spiro atoms. The first kappa shape index (κ1) is 21.4. The molecule has 1 N–H and O–H groups in total. The van der Waals surface area contributed by atoms with Crippen molar-refractivity contribution in [1.82, 2.24) is 19.8 Å². The largest absolute Gasteiger partial charge is 0.345 e. The monoisotopic (exact) mass is 420 g/mol. The highest BCUT2D eigenvalue weighted by Crippen LogP contribution is 2.22. The van der Waals surface area contributed by atoms with Crippen molar-refractivity contribution in [2.45, 2.75) is 63.3 Å². The number of rotatable bonds is 5. The van der Waals surface area contributed by atoms with Crippen molar-refractivity contribution in [2.24, 2.45) is 0 Å². The van der Waals surface area contributed by atoms with Crippen LogP contribution in [-0.4, -0.2) is 41.9 Å². The number of aromatic nitrogens is 2. The second-order valence-electron chi connectivity index (χ2n) is 8.29. The molecule has 0 bridgehead atoms. The Morgan fingerprint density at radius 3 is 2.48 bits per heavy atom. The molecule has 0 saturated carbocycles. The molecule has 8 nitrogen and oxygen atoms in total. The molecule has 29 heavy (non-hydrogen) atoms. The summed E-state index contributed by atoms with van der Waals surface area (Å²) in [5, 5.41) is 6.59. The van der Waals surface area contributed by atoms with Gasteiger partial charge in [-0.2, -0.15) is 9.29 Å². The summed E-state index contributed by atoms with van der Waals surface area (Å²) in [6, 6.07) is 6.14.